The zero-order valence-electron chi connectivity index (χ0n) is 14.7. The number of halogens is 1. The Balaban J connectivity index is 1.57. The maximum Gasteiger partial charge on any atom is 0.273 e. The van der Waals surface area contributed by atoms with Crippen molar-refractivity contribution in [2.24, 2.45) is 0 Å². The first kappa shape index (κ1) is 18.1. The third-order valence-electron chi connectivity index (χ3n) is 4.69. The van der Waals surface area contributed by atoms with E-state index in [0.717, 1.165) is 37.2 Å². The zero-order valence-corrected chi connectivity index (χ0v) is 14.7. The van der Waals surface area contributed by atoms with Gasteiger partial charge in [0.1, 0.15) is 11.6 Å². The number of nitro benzene ring substituents is 1. The van der Waals surface area contributed by atoms with Crippen LogP contribution >= 0.6 is 0 Å². The minimum Gasteiger partial charge on any atom is -0.494 e. The van der Waals surface area contributed by atoms with Gasteiger partial charge in [-0.05, 0) is 25.0 Å². The Morgan fingerprint density at radius 3 is 2.65 bits per heavy atom. The minimum absolute atomic E-state index is 0.00658. The first-order valence-electron chi connectivity index (χ1n) is 8.61. The van der Waals surface area contributed by atoms with E-state index in [2.05, 4.69) is 10.2 Å². The topological polar surface area (TPSA) is 67.6 Å². The summed E-state index contributed by atoms with van der Waals surface area (Å²) in [6, 6.07) is 11.7. The molecule has 138 valence electrons. The molecule has 0 bridgehead atoms. The summed E-state index contributed by atoms with van der Waals surface area (Å²) < 4.78 is 19.1. The van der Waals surface area contributed by atoms with Crippen LogP contribution in [0.4, 0.5) is 15.8 Å². The average molecular weight is 359 g/mol. The van der Waals surface area contributed by atoms with Gasteiger partial charge in [0.15, 0.2) is 0 Å². The van der Waals surface area contributed by atoms with Gasteiger partial charge in [-0.3, -0.25) is 15.0 Å². The highest BCUT2D eigenvalue weighted by Gasteiger charge is 2.21. The van der Waals surface area contributed by atoms with E-state index in [4.69, 9.17) is 4.74 Å². The van der Waals surface area contributed by atoms with Crippen LogP contribution in [0.1, 0.15) is 18.4 Å². The number of ether oxygens (including phenoxy) is 1. The largest absolute Gasteiger partial charge is 0.494 e. The van der Waals surface area contributed by atoms with Crippen molar-refractivity contribution in [3.8, 4) is 5.75 Å². The Bertz CT molecular complexity index is 776. The SMILES string of the molecule is COc1cc([N+](=O)[O-])ccc1NC1CCN(Cc2ccccc2F)CC1. The lowest BCUT2D eigenvalue weighted by molar-refractivity contribution is -0.384. The molecular formula is C19H22FN3O3. The smallest absolute Gasteiger partial charge is 0.273 e. The van der Waals surface area contributed by atoms with E-state index >= 15 is 0 Å². The number of benzene rings is 2. The molecule has 6 nitrogen and oxygen atoms in total. The number of hydrogen-bond donors (Lipinski definition) is 1. The predicted molar refractivity (Wildman–Crippen MR) is 98.0 cm³/mol. The van der Waals surface area contributed by atoms with E-state index in [1.54, 1.807) is 12.1 Å². The van der Waals surface area contributed by atoms with E-state index in [-0.39, 0.29) is 17.5 Å². The first-order chi connectivity index (χ1) is 12.6. The highest BCUT2D eigenvalue weighted by atomic mass is 19.1. The fraction of sp³-hybridized carbons (Fsp3) is 0.368. The van der Waals surface area contributed by atoms with Crippen molar-refractivity contribution in [3.63, 3.8) is 0 Å². The fourth-order valence-corrected chi connectivity index (χ4v) is 3.24. The zero-order chi connectivity index (χ0) is 18.5. The quantitative estimate of drug-likeness (QED) is 0.627. The van der Waals surface area contributed by atoms with Gasteiger partial charge < -0.3 is 10.1 Å². The first-order valence-corrected chi connectivity index (χ1v) is 8.61. The van der Waals surface area contributed by atoms with Crippen molar-refractivity contribution in [3.05, 3.63) is 64.0 Å². The molecule has 1 fully saturated rings. The van der Waals surface area contributed by atoms with Crippen molar-refractivity contribution in [1.82, 2.24) is 4.90 Å². The van der Waals surface area contributed by atoms with Crippen LogP contribution in [0.15, 0.2) is 42.5 Å². The molecule has 2 aromatic rings. The molecular weight excluding hydrogens is 337 g/mol. The second-order valence-electron chi connectivity index (χ2n) is 6.43. The number of nitro groups is 1. The molecule has 0 saturated carbocycles. The summed E-state index contributed by atoms with van der Waals surface area (Å²) in [5.41, 5.74) is 1.48. The lowest BCUT2D eigenvalue weighted by Crippen LogP contribution is -2.38. The summed E-state index contributed by atoms with van der Waals surface area (Å²) in [6.07, 6.45) is 1.82. The molecule has 1 aliphatic heterocycles. The molecule has 1 N–H and O–H groups in total. The maximum absolute atomic E-state index is 13.8. The van der Waals surface area contributed by atoms with Crippen LogP contribution in [0.3, 0.4) is 0 Å². The van der Waals surface area contributed by atoms with Crippen LogP contribution in [-0.4, -0.2) is 36.1 Å². The molecule has 0 atom stereocenters. The summed E-state index contributed by atoms with van der Waals surface area (Å²) in [5.74, 6) is 0.302. The molecule has 0 radical (unpaired) electrons. The normalized spacial score (nSPS) is 15.6. The number of rotatable bonds is 6. The number of likely N-dealkylation sites (tertiary alicyclic amines) is 1. The number of non-ortho nitro benzene ring substituents is 1. The number of piperidine rings is 1. The number of nitrogens with one attached hydrogen (secondary N) is 1. The Hall–Kier alpha value is -2.67. The lowest BCUT2D eigenvalue weighted by atomic mass is 10.0. The van der Waals surface area contributed by atoms with Gasteiger partial charge in [0, 0.05) is 37.3 Å². The lowest BCUT2D eigenvalue weighted by Gasteiger charge is -2.33. The summed E-state index contributed by atoms with van der Waals surface area (Å²) in [6.45, 7) is 2.34. The fourth-order valence-electron chi connectivity index (χ4n) is 3.24. The van der Waals surface area contributed by atoms with E-state index in [9.17, 15) is 14.5 Å². The molecule has 1 saturated heterocycles. The van der Waals surface area contributed by atoms with Crippen LogP contribution in [-0.2, 0) is 6.54 Å². The van der Waals surface area contributed by atoms with Crippen LogP contribution in [0, 0.1) is 15.9 Å². The molecule has 0 aromatic heterocycles. The van der Waals surface area contributed by atoms with E-state index in [1.807, 2.05) is 12.1 Å². The molecule has 0 aliphatic carbocycles. The second kappa shape index (κ2) is 8.14. The number of hydrogen-bond acceptors (Lipinski definition) is 5. The molecule has 0 unspecified atom stereocenters. The van der Waals surface area contributed by atoms with E-state index < -0.39 is 4.92 Å². The minimum atomic E-state index is -0.437. The van der Waals surface area contributed by atoms with Gasteiger partial charge in [-0.2, -0.15) is 0 Å². The van der Waals surface area contributed by atoms with Gasteiger partial charge in [-0.25, -0.2) is 4.39 Å². The van der Waals surface area contributed by atoms with Crippen molar-refractivity contribution in [2.75, 3.05) is 25.5 Å². The van der Waals surface area contributed by atoms with Crippen LogP contribution in [0.5, 0.6) is 5.75 Å². The highest BCUT2D eigenvalue weighted by molar-refractivity contribution is 5.61. The van der Waals surface area contributed by atoms with Gasteiger partial charge in [0.05, 0.1) is 23.8 Å². The number of methoxy groups -OCH3 is 1. The monoisotopic (exact) mass is 359 g/mol. The molecule has 3 rings (SSSR count). The standard InChI is InChI=1S/C19H22FN3O3/c1-26-19-12-16(23(24)25)6-7-18(19)21-15-8-10-22(11-9-15)13-14-4-2-3-5-17(14)20/h2-7,12,15,21H,8-11,13H2,1H3. The Kier molecular flexibility index (Phi) is 5.68. The van der Waals surface area contributed by atoms with Crippen LogP contribution in [0.2, 0.25) is 0 Å². The van der Waals surface area contributed by atoms with Crippen molar-refractivity contribution in [2.45, 2.75) is 25.4 Å². The molecule has 2 aromatic carbocycles. The Morgan fingerprint density at radius 2 is 2.00 bits per heavy atom. The molecule has 1 aliphatic rings. The number of anilines is 1. The van der Waals surface area contributed by atoms with Crippen molar-refractivity contribution in [1.29, 1.82) is 0 Å². The average Bonchev–Trinajstić information content (AvgIpc) is 2.65. The third-order valence-corrected chi connectivity index (χ3v) is 4.69. The second-order valence-corrected chi connectivity index (χ2v) is 6.43. The molecule has 0 amide bonds. The van der Waals surface area contributed by atoms with Crippen molar-refractivity contribution >= 4 is 11.4 Å². The number of nitrogens with zero attached hydrogens (tertiary/aromatic N) is 2. The summed E-state index contributed by atoms with van der Waals surface area (Å²) in [4.78, 5) is 12.7. The molecule has 0 spiro atoms. The molecule has 26 heavy (non-hydrogen) atoms. The third kappa shape index (κ3) is 4.29. The Morgan fingerprint density at radius 1 is 1.27 bits per heavy atom. The molecule has 1 heterocycles. The van der Waals surface area contributed by atoms with E-state index in [1.165, 1.54) is 25.3 Å². The van der Waals surface area contributed by atoms with Crippen LogP contribution < -0.4 is 10.1 Å². The Labute approximate surface area is 151 Å². The summed E-state index contributed by atoms with van der Waals surface area (Å²) in [7, 11) is 1.50. The van der Waals surface area contributed by atoms with Gasteiger partial charge in [0.25, 0.3) is 5.69 Å². The summed E-state index contributed by atoms with van der Waals surface area (Å²) in [5, 5.41) is 14.3. The van der Waals surface area contributed by atoms with Gasteiger partial charge in [-0.15, -0.1) is 0 Å². The van der Waals surface area contributed by atoms with E-state index in [0.29, 0.717) is 12.3 Å². The van der Waals surface area contributed by atoms with Gasteiger partial charge in [-0.1, -0.05) is 18.2 Å². The van der Waals surface area contributed by atoms with Crippen LogP contribution in [0.25, 0.3) is 0 Å². The van der Waals surface area contributed by atoms with Crippen molar-refractivity contribution < 1.29 is 14.1 Å². The molecule has 7 heteroatoms. The predicted octanol–water partition coefficient (Wildman–Crippen LogP) is 3.82. The summed E-state index contributed by atoms with van der Waals surface area (Å²) >= 11 is 0. The maximum atomic E-state index is 13.8. The highest BCUT2D eigenvalue weighted by Crippen LogP contribution is 2.30. The van der Waals surface area contributed by atoms with Gasteiger partial charge >= 0.3 is 0 Å². The van der Waals surface area contributed by atoms with Gasteiger partial charge in [0.2, 0.25) is 0 Å².